The van der Waals surface area contributed by atoms with Gasteiger partial charge in [-0.1, -0.05) is 0 Å². The second-order valence-electron chi connectivity index (χ2n) is 5.39. The average molecular weight is 356 g/mol. The molecule has 0 aromatic heterocycles. The van der Waals surface area contributed by atoms with Gasteiger partial charge in [0.25, 0.3) is 0 Å². The summed E-state index contributed by atoms with van der Waals surface area (Å²) in [4.78, 5) is 8.57. The van der Waals surface area contributed by atoms with Crippen molar-refractivity contribution in [1.29, 1.82) is 0 Å². The van der Waals surface area contributed by atoms with Crippen LogP contribution in [0.5, 0.6) is 23.0 Å². The molecule has 26 heavy (non-hydrogen) atoms. The molecule has 0 saturated heterocycles. The highest BCUT2D eigenvalue weighted by molar-refractivity contribution is 5.81. The molecular weight excluding hydrogens is 332 g/mol. The van der Waals surface area contributed by atoms with E-state index in [9.17, 15) is 10.2 Å². The number of aliphatic imine (C=N–C) groups is 2. The molecule has 2 N–H and O–H groups in total. The van der Waals surface area contributed by atoms with Gasteiger partial charge >= 0.3 is 0 Å². The van der Waals surface area contributed by atoms with Crippen LogP contribution in [0.3, 0.4) is 0 Å². The topological polar surface area (TPSA) is 83.6 Å². The Morgan fingerprint density at radius 1 is 0.769 bits per heavy atom. The van der Waals surface area contributed by atoms with Gasteiger partial charge in [0.1, 0.15) is 0 Å². The van der Waals surface area contributed by atoms with E-state index < -0.39 is 0 Å². The largest absolute Gasteiger partial charge is 0.504 e. The zero-order valence-electron chi connectivity index (χ0n) is 15.1. The Labute approximate surface area is 153 Å². The molecule has 2 aromatic carbocycles. The molecule has 0 atom stereocenters. The first-order chi connectivity index (χ1) is 12.6. The summed E-state index contributed by atoms with van der Waals surface area (Å²) >= 11 is 0. The maximum absolute atomic E-state index is 9.83. The lowest BCUT2D eigenvalue weighted by Crippen LogP contribution is -1.94. The van der Waals surface area contributed by atoms with E-state index in [1.165, 1.54) is 0 Å². The van der Waals surface area contributed by atoms with Gasteiger partial charge in [0.15, 0.2) is 23.0 Å². The highest BCUT2D eigenvalue weighted by Gasteiger charge is 2.02. The number of ether oxygens (including phenoxy) is 2. The van der Waals surface area contributed by atoms with E-state index >= 15 is 0 Å². The lowest BCUT2D eigenvalue weighted by Gasteiger charge is -2.05. The van der Waals surface area contributed by atoms with Crippen LogP contribution in [0.1, 0.15) is 25.0 Å². The lowest BCUT2D eigenvalue weighted by atomic mass is 10.2. The van der Waals surface area contributed by atoms with Crippen molar-refractivity contribution >= 4 is 12.4 Å². The average Bonchev–Trinajstić information content (AvgIpc) is 2.62. The number of rotatable bonds is 9. The molecule has 0 amide bonds. The fourth-order valence-electron chi connectivity index (χ4n) is 2.24. The zero-order chi connectivity index (χ0) is 18.8. The maximum Gasteiger partial charge on any atom is 0.160 e. The van der Waals surface area contributed by atoms with Crippen molar-refractivity contribution in [1.82, 2.24) is 0 Å². The molecule has 0 aliphatic carbocycles. The molecule has 0 bridgehead atoms. The van der Waals surface area contributed by atoms with Gasteiger partial charge in [0, 0.05) is 12.4 Å². The van der Waals surface area contributed by atoms with Crippen molar-refractivity contribution in [2.24, 2.45) is 9.98 Å². The standard InChI is InChI=1S/C20H24N2O4/c1-3-25-19-7-5-15(11-17(19)23)13-21-9-10-22-14-16-6-8-20(26-4-2)18(24)12-16/h5-8,11-14,23-24H,3-4,9-10H2,1-2H3. The van der Waals surface area contributed by atoms with Crippen LogP contribution in [0.2, 0.25) is 0 Å². The molecule has 6 nitrogen and oxygen atoms in total. The molecule has 0 heterocycles. The van der Waals surface area contributed by atoms with Crippen molar-refractivity contribution in [3.63, 3.8) is 0 Å². The van der Waals surface area contributed by atoms with E-state index in [2.05, 4.69) is 9.98 Å². The first-order valence-corrected chi connectivity index (χ1v) is 8.55. The third-order valence-corrected chi connectivity index (χ3v) is 3.40. The SMILES string of the molecule is CCOc1ccc(C=NCCN=Cc2ccc(OCC)c(O)c2)cc1O. The number of phenolic OH excluding ortho intramolecular Hbond substituents is 2. The maximum atomic E-state index is 9.83. The van der Waals surface area contributed by atoms with E-state index in [0.717, 1.165) is 11.1 Å². The van der Waals surface area contributed by atoms with Crippen molar-refractivity contribution in [2.75, 3.05) is 26.3 Å². The molecular formula is C20H24N2O4. The lowest BCUT2D eigenvalue weighted by molar-refractivity contribution is 0.318. The van der Waals surface area contributed by atoms with Crippen LogP contribution in [-0.4, -0.2) is 48.9 Å². The fraction of sp³-hybridized carbons (Fsp3) is 0.300. The number of nitrogens with zero attached hydrogens (tertiary/aromatic N) is 2. The Kier molecular flexibility index (Phi) is 7.49. The van der Waals surface area contributed by atoms with E-state index in [4.69, 9.17) is 9.47 Å². The Balaban J connectivity index is 1.82. The summed E-state index contributed by atoms with van der Waals surface area (Å²) in [6, 6.07) is 10.3. The third kappa shape index (κ3) is 5.81. The highest BCUT2D eigenvalue weighted by Crippen LogP contribution is 2.26. The zero-order valence-corrected chi connectivity index (χ0v) is 15.1. The Morgan fingerprint density at radius 2 is 1.19 bits per heavy atom. The van der Waals surface area contributed by atoms with Crippen LogP contribution >= 0.6 is 0 Å². The molecule has 0 aliphatic rings. The summed E-state index contributed by atoms with van der Waals surface area (Å²) < 4.78 is 10.6. The smallest absolute Gasteiger partial charge is 0.160 e. The van der Waals surface area contributed by atoms with Crippen molar-refractivity contribution in [3.8, 4) is 23.0 Å². The molecule has 138 valence electrons. The molecule has 0 unspecified atom stereocenters. The molecule has 0 aliphatic heterocycles. The van der Waals surface area contributed by atoms with E-state index in [-0.39, 0.29) is 11.5 Å². The normalized spacial score (nSPS) is 11.3. The number of benzene rings is 2. The van der Waals surface area contributed by atoms with Gasteiger partial charge in [0.2, 0.25) is 0 Å². The van der Waals surface area contributed by atoms with E-state index in [1.807, 2.05) is 26.0 Å². The van der Waals surface area contributed by atoms with Crippen LogP contribution < -0.4 is 9.47 Å². The van der Waals surface area contributed by atoms with Crippen molar-refractivity contribution in [2.45, 2.75) is 13.8 Å². The molecule has 6 heteroatoms. The Bertz CT molecular complexity index is 707. The number of aromatic hydroxyl groups is 2. The van der Waals surface area contributed by atoms with Crippen LogP contribution in [0.15, 0.2) is 46.4 Å². The number of hydrogen-bond acceptors (Lipinski definition) is 6. The molecule has 2 rings (SSSR count). The third-order valence-electron chi connectivity index (χ3n) is 3.40. The minimum Gasteiger partial charge on any atom is -0.504 e. The van der Waals surface area contributed by atoms with Crippen LogP contribution in [0.25, 0.3) is 0 Å². The summed E-state index contributed by atoms with van der Waals surface area (Å²) in [6.45, 7) is 5.78. The predicted molar refractivity (Wildman–Crippen MR) is 103 cm³/mol. The van der Waals surface area contributed by atoms with Gasteiger partial charge in [-0.15, -0.1) is 0 Å². The van der Waals surface area contributed by atoms with Crippen molar-refractivity contribution < 1.29 is 19.7 Å². The fourth-order valence-corrected chi connectivity index (χ4v) is 2.24. The second-order valence-corrected chi connectivity index (χ2v) is 5.39. The van der Waals surface area contributed by atoms with Gasteiger partial charge in [-0.2, -0.15) is 0 Å². The van der Waals surface area contributed by atoms with Gasteiger partial charge in [-0.3, -0.25) is 9.98 Å². The summed E-state index contributed by atoms with van der Waals surface area (Å²) in [5, 5.41) is 19.7. The van der Waals surface area contributed by atoms with Gasteiger partial charge in [-0.25, -0.2) is 0 Å². The van der Waals surface area contributed by atoms with Gasteiger partial charge in [0.05, 0.1) is 26.3 Å². The number of hydrogen-bond donors (Lipinski definition) is 2. The number of phenols is 2. The van der Waals surface area contributed by atoms with E-state index in [0.29, 0.717) is 37.8 Å². The molecule has 2 aromatic rings. The molecule has 0 radical (unpaired) electrons. The quantitative estimate of drug-likeness (QED) is 0.532. The van der Waals surface area contributed by atoms with Crippen LogP contribution in [0, 0.1) is 0 Å². The highest BCUT2D eigenvalue weighted by atomic mass is 16.5. The summed E-state index contributed by atoms with van der Waals surface area (Å²) in [5.41, 5.74) is 1.60. The summed E-state index contributed by atoms with van der Waals surface area (Å²) in [7, 11) is 0. The predicted octanol–water partition coefficient (Wildman–Crippen LogP) is 3.43. The van der Waals surface area contributed by atoms with Gasteiger partial charge < -0.3 is 19.7 Å². The first-order valence-electron chi connectivity index (χ1n) is 8.55. The Hall–Kier alpha value is -3.02. The summed E-state index contributed by atoms with van der Waals surface area (Å²) in [6.07, 6.45) is 3.38. The van der Waals surface area contributed by atoms with Crippen LogP contribution in [-0.2, 0) is 0 Å². The minimum absolute atomic E-state index is 0.101. The van der Waals surface area contributed by atoms with E-state index in [1.54, 1.807) is 36.7 Å². The monoisotopic (exact) mass is 356 g/mol. The van der Waals surface area contributed by atoms with Crippen molar-refractivity contribution in [3.05, 3.63) is 47.5 Å². The Morgan fingerprint density at radius 3 is 1.54 bits per heavy atom. The molecule has 0 spiro atoms. The summed E-state index contributed by atoms with van der Waals surface area (Å²) in [5.74, 6) is 1.13. The minimum atomic E-state index is 0.101. The van der Waals surface area contributed by atoms with Gasteiger partial charge in [-0.05, 0) is 61.4 Å². The first kappa shape index (κ1) is 19.3. The van der Waals surface area contributed by atoms with Crippen LogP contribution in [0.4, 0.5) is 0 Å². The molecule has 0 fully saturated rings. The molecule has 0 saturated carbocycles. The second kappa shape index (κ2) is 10.1.